The molecule has 1 saturated heterocycles. The van der Waals surface area contributed by atoms with Crippen LogP contribution in [0, 0.1) is 10.1 Å². The van der Waals surface area contributed by atoms with E-state index in [4.69, 9.17) is 21.7 Å². The van der Waals surface area contributed by atoms with Crippen LogP contribution in [0.25, 0.3) is 0 Å². The van der Waals surface area contributed by atoms with Gasteiger partial charge in [-0.3, -0.25) is 14.9 Å². The number of nitrogens with one attached hydrogen (secondary N) is 1. The van der Waals surface area contributed by atoms with E-state index in [1.54, 1.807) is 30.3 Å². The second-order valence-electron chi connectivity index (χ2n) is 5.75. The number of thiocarbonyl (C=S) groups is 1. The van der Waals surface area contributed by atoms with E-state index >= 15 is 0 Å². The van der Waals surface area contributed by atoms with Gasteiger partial charge in [-0.2, -0.15) is 0 Å². The quantitative estimate of drug-likeness (QED) is 0.490. The number of amides is 1. The molecule has 0 bridgehead atoms. The molecule has 1 aliphatic heterocycles. The summed E-state index contributed by atoms with van der Waals surface area (Å²) in [4.78, 5) is 24.5. The number of carbonyl (C=O) groups excluding carboxylic acids is 1. The van der Waals surface area contributed by atoms with Crippen molar-refractivity contribution in [1.29, 1.82) is 0 Å². The summed E-state index contributed by atoms with van der Waals surface area (Å²) in [6, 6.07) is 12.3. The van der Waals surface area contributed by atoms with Crippen LogP contribution in [-0.4, -0.2) is 47.2 Å². The third-order valence-corrected chi connectivity index (χ3v) is 4.25. The van der Waals surface area contributed by atoms with E-state index in [9.17, 15) is 14.9 Å². The second-order valence-corrected chi connectivity index (χ2v) is 6.10. The van der Waals surface area contributed by atoms with Crippen molar-refractivity contribution in [3.63, 3.8) is 0 Å². The van der Waals surface area contributed by atoms with Crippen LogP contribution in [-0.2, 0) is 4.74 Å². The largest absolute Gasteiger partial charge is 0.432 e. The molecule has 2 aromatic carbocycles. The molecule has 1 aliphatic rings. The molecule has 1 heterocycles. The number of benzene rings is 2. The molecule has 8 nitrogen and oxygen atoms in total. The summed E-state index contributed by atoms with van der Waals surface area (Å²) in [7, 11) is 0. The van der Waals surface area contributed by atoms with E-state index in [2.05, 4.69) is 5.32 Å². The Hall–Kier alpha value is -3.04. The summed E-state index contributed by atoms with van der Waals surface area (Å²) in [5, 5.41) is 13.8. The maximum atomic E-state index is 12.3. The predicted molar refractivity (Wildman–Crippen MR) is 103 cm³/mol. The van der Waals surface area contributed by atoms with Gasteiger partial charge in [0.1, 0.15) is 5.75 Å². The molecule has 0 saturated carbocycles. The van der Waals surface area contributed by atoms with Crippen LogP contribution in [0.15, 0.2) is 48.5 Å². The molecule has 140 valence electrons. The lowest BCUT2D eigenvalue weighted by atomic mass is 10.2. The van der Waals surface area contributed by atoms with Crippen LogP contribution in [0.1, 0.15) is 10.4 Å². The first-order chi connectivity index (χ1) is 13.0. The van der Waals surface area contributed by atoms with E-state index in [-0.39, 0.29) is 11.6 Å². The standard InChI is InChI=1S/C18H17N3O5S/c22-17(19-14-2-1-3-15(12-14)21(23)24)13-4-6-16(7-5-13)26-18(27)20-8-10-25-11-9-20/h1-7,12H,8-11H2,(H,19,22). The highest BCUT2D eigenvalue weighted by Gasteiger charge is 2.16. The topological polar surface area (TPSA) is 93.9 Å². The fraction of sp³-hybridized carbons (Fsp3) is 0.222. The van der Waals surface area contributed by atoms with Crippen molar-refractivity contribution in [3.8, 4) is 5.75 Å². The molecule has 0 unspecified atom stereocenters. The number of non-ortho nitro benzene ring substituents is 1. The minimum Gasteiger partial charge on any atom is -0.432 e. The SMILES string of the molecule is O=C(Nc1cccc([N+](=O)[O-])c1)c1ccc(OC(=S)N2CCOCC2)cc1. The third-order valence-electron chi connectivity index (χ3n) is 3.91. The fourth-order valence-corrected chi connectivity index (χ4v) is 2.76. The highest BCUT2D eigenvalue weighted by atomic mass is 32.1. The average molecular weight is 387 g/mol. The van der Waals surface area contributed by atoms with Gasteiger partial charge in [-0.25, -0.2) is 0 Å². The van der Waals surface area contributed by atoms with Crippen molar-refractivity contribution in [3.05, 3.63) is 64.2 Å². The Morgan fingerprint density at radius 3 is 2.56 bits per heavy atom. The van der Waals surface area contributed by atoms with Crippen LogP contribution in [0.4, 0.5) is 11.4 Å². The Labute approximate surface area is 160 Å². The minimum absolute atomic E-state index is 0.0897. The van der Waals surface area contributed by atoms with Gasteiger partial charge in [0.2, 0.25) is 0 Å². The van der Waals surface area contributed by atoms with Crippen molar-refractivity contribution in [2.75, 3.05) is 31.6 Å². The Bertz CT molecular complexity index is 850. The minimum atomic E-state index is -0.515. The molecule has 0 aromatic heterocycles. The van der Waals surface area contributed by atoms with E-state index in [1.165, 1.54) is 18.2 Å². The number of morpholine rings is 1. The summed E-state index contributed by atoms with van der Waals surface area (Å²) < 4.78 is 10.9. The molecule has 9 heteroatoms. The van der Waals surface area contributed by atoms with Gasteiger partial charge in [0.25, 0.3) is 16.8 Å². The van der Waals surface area contributed by atoms with E-state index in [0.29, 0.717) is 48.5 Å². The number of ether oxygens (including phenoxy) is 2. The summed E-state index contributed by atoms with van der Waals surface area (Å²) in [6.07, 6.45) is 0. The maximum Gasteiger partial charge on any atom is 0.271 e. The Morgan fingerprint density at radius 1 is 1.19 bits per heavy atom. The molecule has 1 fully saturated rings. The lowest BCUT2D eigenvalue weighted by Crippen LogP contribution is -2.42. The van der Waals surface area contributed by atoms with Gasteiger partial charge in [0.15, 0.2) is 0 Å². The zero-order valence-electron chi connectivity index (χ0n) is 14.3. The van der Waals surface area contributed by atoms with E-state index in [0.717, 1.165) is 0 Å². The highest BCUT2D eigenvalue weighted by molar-refractivity contribution is 7.80. The first kappa shape index (κ1) is 18.7. The van der Waals surface area contributed by atoms with E-state index < -0.39 is 4.92 Å². The number of rotatable bonds is 4. The smallest absolute Gasteiger partial charge is 0.271 e. The molecule has 0 spiro atoms. The molecule has 3 rings (SSSR count). The zero-order chi connectivity index (χ0) is 19.2. The van der Waals surface area contributed by atoms with Gasteiger partial charge in [0.05, 0.1) is 18.1 Å². The Morgan fingerprint density at radius 2 is 1.89 bits per heavy atom. The van der Waals surface area contributed by atoms with Crippen molar-refractivity contribution >= 4 is 34.7 Å². The molecule has 2 aromatic rings. The molecular formula is C18H17N3O5S. The van der Waals surface area contributed by atoms with Crippen molar-refractivity contribution in [2.45, 2.75) is 0 Å². The molecule has 27 heavy (non-hydrogen) atoms. The first-order valence-corrected chi connectivity index (χ1v) is 8.64. The number of anilines is 1. The zero-order valence-corrected chi connectivity index (χ0v) is 15.1. The van der Waals surface area contributed by atoms with Gasteiger partial charge < -0.3 is 19.7 Å². The monoisotopic (exact) mass is 387 g/mol. The predicted octanol–water partition coefficient (Wildman–Crippen LogP) is 2.84. The lowest BCUT2D eigenvalue weighted by molar-refractivity contribution is -0.384. The van der Waals surface area contributed by atoms with Gasteiger partial charge in [0, 0.05) is 36.5 Å². The molecule has 0 radical (unpaired) electrons. The van der Waals surface area contributed by atoms with Crippen molar-refractivity contribution in [2.24, 2.45) is 0 Å². The normalized spacial score (nSPS) is 13.7. The summed E-state index contributed by atoms with van der Waals surface area (Å²) in [5.41, 5.74) is 0.655. The van der Waals surface area contributed by atoms with Gasteiger partial charge in [-0.15, -0.1) is 0 Å². The summed E-state index contributed by atoms with van der Waals surface area (Å²) in [5.74, 6) is 0.149. The van der Waals surface area contributed by atoms with Crippen LogP contribution < -0.4 is 10.1 Å². The van der Waals surface area contributed by atoms with Gasteiger partial charge in [-0.05, 0) is 42.5 Å². The number of hydrogen-bond donors (Lipinski definition) is 1. The summed E-state index contributed by atoms with van der Waals surface area (Å²) >= 11 is 5.27. The molecule has 0 aliphatic carbocycles. The first-order valence-electron chi connectivity index (χ1n) is 8.23. The van der Waals surface area contributed by atoms with Gasteiger partial charge >= 0.3 is 0 Å². The van der Waals surface area contributed by atoms with Crippen molar-refractivity contribution in [1.82, 2.24) is 4.90 Å². The maximum absolute atomic E-state index is 12.3. The average Bonchev–Trinajstić information content (AvgIpc) is 2.69. The summed E-state index contributed by atoms with van der Waals surface area (Å²) in [6.45, 7) is 2.59. The second kappa shape index (κ2) is 8.56. The Kier molecular flexibility index (Phi) is 5.94. The molecule has 1 amide bonds. The number of nitro groups is 1. The molecular weight excluding hydrogens is 370 g/mol. The van der Waals surface area contributed by atoms with Crippen LogP contribution >= 0.6 is 12.2 Å². The molecule has 1 N–H and O–H groups in total. The van der Waals surface area contributed by atoms with Crippen molar-refractivity contribution < 1.29 is 19.2 Å². The van der Waals surface area contributed by atoms with Crippen LogP contribution in [0.5, 0.6) is 5.75 Å². The highest BCUT2D eigenvalue weighted by Crippen LogP contribution is 2.19. The van der Waals surface area contributed by atoms with Crippen LogP contribution in [0.3, 0.4) is 0 Å². The number of nitro benzene ring substituents is 1. The fourth-order valence-electron chi connectivity index (χ4n) is 2.49. The Balaban J connectivity index is 1.61. The van der Waals surface area contributed by atoms with E-state index in [1.807, 2.05) is 4.90 Å². The van der Waals surface area contributed by atoms with Crippen LogP contribution in [0.2, 0.25) is 0 Å². The number of nitrogens with zero attached hydrogens (tertiary/aromatic N) is 2. The lowest BCUT2D eigenvalue weighted by Gasteiger charge is -2.28. The number of carbonyl (C=O) groups is 1. The third kappa shape index (κ3) is 4.99. The molecule has 0 atom stereocenters. The number of hydrogen-bond acceptors (Lipinski definition) is 6. The van der Waals surface area contributed by atoms with Gasteiger partial charge in [-0.1, -0.05) is 6.07 Å².